The lowest BCUT2D eigenvalue weighted by Gasteiger charge is -2.29. The maximum atomic E-state index is 10.9. The van der Waals surface area contributed by atoms with Crippen LogP contribution in [0.15, 0.2) is 12.7 Å². The van der Waals surface area contributed by atoms with E-state index in [9.17, 15) is 9.59 Å². The third kappa shape index (κ3) is 3.60. The van der Waals surface area contributed by atoms with Gasteiger partial charge in [-0.1, -0.05) is 14.0 Å². The second-order valence-corrected chi connectivity index (χ2v) is 3.13. The van der Waals surface area contributed by atoms with E-state index in [1.54, 1.807) is 4.90 Å². The monoisotopic (exact) mass is 198 g/mol. The first-order chi connectivity index (χ1) is 6.26. The molecule has 0 aromatic heterocycles. The number of carbonyl (C=O) groups excluding carboxylic acids is 2. The minimum absolute atomic E-state index is 0. The number of carbonyl (C=O) groups is 2. The molecule has 1 aliphatic rings. The van der Waals surface area contributed by atoms with Gasteiger partial charge in [0, 0.05) is 19.1 Å². The second kappa shape index (κ2) is 6.18. The van der Waals surface area contributed by atoms with Gasteiger partial charge in [-0.05, 0) is 18.9 Å². The molecule has 4 heteroatoms. The zero-order valence-corrected chi connectivity index (χ0v) is 7.53. The van der Waals surface area contributed by atoms with Crippen molar-refractivity contribution in [3.05, 3.63) is 12.7 Å². The van der Waals surface area contributed by atoms with Crippen molar-refractivity contribution in [1.29, 1.82) is 0 Å². The van der Waals surface area contributed by atoms with E-state index in [-0.39, 0.29) is 19.4 Å². The van der Waals surface area contributed by atoms with E-state index in [0.29, 0.717) is 0 Å². The zero-order chi connectivity index (χ0) is 9.68. The summed E-state index contributed by atoms with van der Waals surface area (Å²) in [5, 5.41) is 2.81. The van der Waals surface area contributed by atoms with E-state index in [4.69, 9.17) is 0 Å². The smallest absolute Gasteiger partial charge is 0.243 e. The van der Waals surface area contributed by atoms with Crippen LogP contribution in [0, 0.1) is 0 Å². The minimum Gasteiger partial charge on any atom is -0.350 e. The average Bonchev–Trinajstić information content (AvgIpc) is 2.19. The molecule has 0 bridgehead atoms. The predicted molar refractivity (Wildman–Crippen MR) is 55.7 cm³/mol. The first-order valence-electron chi connectivity index (χ1n) is 4.38. The summed E-state index contributed by atoms with van der Waals surface area (Å²) in [6, 6.07) is 0.196. The Kier molecular flexibility index (Phi) is 5.60. The molecule has 0 unspecified atom stereocenters. The molecule has 1 rings (SSSR count). The van der Waals surface area contributed by atoms with E-state index < -0.39 is 0 Å². The quantitative estimate of drug-likeness (QED) is 0.531. The van der Waals surface area contributed by atoms with Gasteiger partial charge in [0.05, 0.1) is 0 Å². The van der Waals surface area contributed by atoms with Gasteiger partial charge in [0.15, 0.2) is 0 Å². The summed E-state index contributed by atoms with van der Waals surface area (Å²) >= 11 is 0. The van der Waals surface area contributed by atoms with Crippen LogP contribution < -0.4 is 5.32 Å². The normalized spacial score (nSPS) is 16.7. The maximum Gasteiger partial charge on any atom is 0.243 e. The van der Waals surface area contributed by atoms with Crippen LogP contribution in [0.3, 0.4) is 0 Å². The van der Waals surface area contributed by atoms with Crippen molar-refractivity contribution < 1.29 is 9.59 Å². The van der Waals surface area contributed by atoms with Gasteiger partial charge in [-0.25, -0.2) is 0 Å². The molecule has 0 radical (unpaired) electrons. The van der Waals surface area contributed by atoms with Gasteiger partial charge >= 0.3 is 0 Å². The summed E-state index contributed by atoms with van der Waals surface area (Å²) in [4.78, 5) is 23.0. The highest BCUT2D eigenvalue weighted by atomic mass is 16.1. The van der Waals surface area contributed by atoms with Crippen LogP contribution in [-0.2, 0) is 9.59 Å². The lowest BCUT2D eigenvalue weighted by atomic mass is 10.1. The standard InChI is InChI=1S/C9H14N2O2.CH4/c1-2-9(13)10-8-3-5-11(7-12)6-4-8;/h2,7-8H,1,3-6H2,(H,10,13);1H4. The first kappa shape index (κ1) is 12.7. The highest BCUT2D eigenvalue weighted by molar-refractivity contribution is 5.87. The van der Waals surface area contributed by atoms with Gasteiger partial charge in [0.25, 0.3) is 0 Å². The minimum atomic E-state index is -0.135. The molecule has 1 N–H and O–H groups in total. The number of nitrogens with one attached hydrogen (secondary N) is 1. The van der Waals surface area contributed by atoms with Gasteiger partial charge in [-0.15, -0.1) is 0 Å². The van der Waals surface area contributed by atoms with Crippen molar-refractivity contribution in [2.24, 2.45) is 0 Å². The fraction of sp³-hybridized carbons (Fsp3) is 0.600. The van der Waals surface area contributed by atoms with Gasteiger partial charge in [0.2, 0.25) is 12.3 Å². The molecule has 0 aromatic carbocycles. The van der Waals surface area contributed by atoms with E-state index in [0.717, 1.165) is 32.3 Å². The van der Waals surface area contributed by atoms with Crippen LogP contribution >= 0.6 is 0 Å². The summed E-state index contributed by atoms with van der Waals surface area (Å²) in [5.41, 5.74) is 0. The molecule has 14 heavy (non-hydrogen) atoms. The molecular formula is C10H18N2O2. The number of hydrogen-bond acceptors (Lipinski definition) is 2. The summed E-state index contributed by atoms with van der Waals surface area (Å²) in [6.45, 7) is 4.83. The van der Waals surface area contributed by atoms with Crippen molar-refractivity contribution >= 4 is 12.3 Å². The predicted octanol–water partition coefficient (Wildman–Crippen LogP) is 0.545. The maximum absolute atomic E-state index is 10.9. The van der Waals surface area contributed by atoms with E-state index >= 15 is 0 Å². The summed E-state index contributed by atoms with van der Waals surface area (Å²) in [6.07, 6.45) is 3.79. The topological polar surface area (TPSA) is 49.4 Å². The van der Waals surface area contributed by atoms with E-state index in [2.05, 4.69) is 11.9 Å². The Bertz CT molecular complexity index is 208. The molecule has 2 amide bonds. The number of rotatable bonds is 3. The second-order valence-electron chi connectivity index (χ2n) is 3.13. The van der Waals surface area contributed by atoms with Crippen LogP contribution in [0.2, 0.25) is 0 Å². The van der Waals surface area contributed by atoms with Gasteiger partial charge in [-0.2, -0.15) is 0 Å². The van der Waals surface area contributed by atoms with Crippen molar-refractivity contribution in [3.8, 4) is 0 Å². The fourth-order valence-electron chi connectivity index (χ4n) is 1.41. The van der Waals surface area contributed by atoms with Crippen LogP contribution in [0.1, 0.15) is 20.3 Å². The van der Waals surface area contributed by atoms with Crippen LogP contribution in [-0.4, -0.2) is 36.3 Å². The molecule has 1 aliphatic heterocycles. The molecule has 80 valence electrons. The van der Waals surface area contributed by atoms with E-state index in [1.165, 1.54) is 6.08 Å². The third-order valence-electron chi connectivity index (χ3n) is 2.21. The Labute approximate surface area is 85.0 Å². The number of nitrogens with zero attached hydrogens (tertiary/aromatic N) is 1. The van der Waals surface area contributed by atoms with Gasteiger partial charge < -0.3 is 10.2 Å². The molecule has 1 heterocycles. The molecule has 0 atom stereocenters. The lowest BCUT2D eigenvalue weighted by Crippen LogP contribution is -2.43. The Morgan fingerprint density at radius 1 is 1.43 bits per heavy atom. The van der Waals surface area contributed by atoms with Crippen molar-refractivity contribution in [3.63, 3.8) is 0 Å². The largest absolute Gasteiger partial charge is 0.350 e. The molecular weight excluding hydrogens is 180 g/mol. The Hall–Kier alpha value is -1.32. The Morgan fingerprint density at radius 2 is 2.00 bits per heavy atom. The first-order valence-corrected chi connectivity index (χ1v) is 4.38. The SMILES string of the molecule is C.C=CC(=O)NC1CCN(C=O)CC1. The number of piperidine rings is 1. The summed E-state index contributed by atoms with van der Waals surface area (Å²) in [7, 11) is 0. The third-order valence-corrected chi connectivity index (χ3v) is 2.21. The lowest BCUT2D eigenvalue weighted by molar-refractivity contribution is -0.119. The van der Waals surface area contributed by atoms with Crippen molar-refractivity contribution in [2.45, 2.75) is 26.3 Å². The number of likely N-dealkylation sites (tertiary alicyclic amines) is 1. The summed E-state index contributed by atoms with van der Waals surface area (Å²) in [5.74, 6) is -0.135. The highest BCUT2D eigenvalue weighted by Gasteiger charge is 2.18. The molecule has 0 saturated carbocycles. The van der Waals surface area contributed by atoms with Crippen LogP contribution in [0.25, 0.3) is 0 Å². The van der Waals surface area contributed by atoms with Crippen LogP contribution in [0.4, 0.5) is 0 Å². The number of hydrogen-bond donors (Lipinski definition) is 1. The molecule has 4 nitrogen and oxygen atoms in total. The fourth-order valence-corrected chi connectivity index (χ4v) is 1.41. The molecule has 1 saturated heterocycles. The highest BCUT2D eigenvalue weighted by Crippen LogP contribution is 2.07. The zero-order valence-electron chi connectivity index (χ0n) is 7.53. The van der Waals surface area contributed by atoms with Crippen LogP contribution in [0.5, 0.6) is 0 Å². The van der Waals surface area contributed by atoms with E-state index in [1.807, 2.05) is 0 Å². The molecule has 0 aliphatic carbocycles. The van der Waals surface area contributed by atoms with Crippen molar-refractivity contribution in [1.82, 2.24) is 10.2 Å². The van der Waals surface area contributed by atoms with Gasteiger partial charge in [0.1, 0.15) is 0 Å². The Morgan fingerprint density at radius 3 is 2.43 bits per heavy atom. The number of amides is 2. The molecule has 1 fully saturated rings. The average molecular weight is 198 g/mol. The Balaban J connectivity index is 0.00000169. The molecule has 0 spiro atoms. The summed E-state index contributed by atoms with van der Waals surface area (Å²) < 4.78 is 0. The molecule has 0 aromatic rings. The van der Waals surface area contributed by atoms with Gasteiger partial charge in [-0.3, -0.25) is 9.59 Å². The van der Waals surface area contributed by atoms with Crippen molar-refractivity contribution in [2.75, 3.05) is 13.1 Å².